The van der Waals surface area contributed by atoms with Crippen molar-refractivity contribution in [1.29, 1.82) is 0 Å². The Balaban J connectivity index is 2.79. The number of hydrogen-bond donors (Lipinski definition) is 1. The number of urea groups is 1. The summed E-state index contributed by atoms with van der Waals surface area (Å²) in [5, 5.41) is 0.635. The van der Waals surface area contributed by atoms with Crippen LogP contribution in [-0.2, 0) is 4.84 Å². The van der Waals surface area contributed by atoms with E-state index < -0.39 is 17.2 Å². The number of amides is 2. The van der Waals surface area contributed by atoms with Crippen LogP contribution in [0.4, 0.5) is 23.7 Å². The van der Waals surface area contributed by atoms with Crippen molar-refractivity contribution in [2.75, 3.05) is 19.5 Å². The van der Waals surface area contributed by atoms with Crippen LogP contribution in [0, 0.1) is 0 Å². The molecule has 1 rings (SSSR count). The number of hydrogen-bond acceptors (Lipinski definition) is 3. The maximum atomic E-state index is 13.0. The fraction of sp³-hybridized carbons (Fsp3) is 0.364. The molecule has 1 unspecified atom stereocenters. The predicted octanol–water partition coefficient (Wildman–Crippen LogP) is 3.37. The lowest BCUT2D eigenvalue weighted by atomic mass is 10.3. The van der Waals surface area contributed by atoms with Gasteiger partial charge in [0.2, 0.25) is 0 Å². The van der Waals surface area contributed by atoms with Crippen molar-refractivity contribution in [3.63, 3.8) is 0 Å². The maximum Gasteiger partial charge on any atom is 0.440 e. The van der Waals surface area contributed by atoms with Gasteiger partial charge in [0.25, 0.3) is 5.08 Å². The van der Waals surface area contributed by atoms with Gasteiger partial charge >= 0.3 is 12.1 Å². The summed E-state index contributed by atoms with van der Waals surface area (Å²) >= 11 is 2.11. The molecule has 1 atom stereocenters. The first-order valence-corrected chi connectivity index (χ1v) is 6.21. The number of anilines is 1. The highest BCUT2D eigenvalue weighted by Gasteiger charge is 2.41. The number of rotatable bonds is 5. The average Bonchev–Trinajstić information content (AvgIpc) is 2.37. The Kier molecular flexibility index (Phi) is 5.63. The molecule has 2 amide bonds. The number of ether oxygens (including phenoxy) is 1. The lowest BCUT2D eigenvalue weighted by Crippen LogP contribution is -2.32. The molecule has 1 aromatic carbocycles. The van der Waals surface area contributed by atoms with Gasteiger partial charge in [-0.25, -0.2) is 14.2 Å². The Morgan fingerprint density at radius 1 is 1.50 bits per heavy atom. The Morgan fingerprint density at radius 3 is 2.70 bits per heavy atom. The molecular formula is C11H12BrF3N2O3. The van der Waals surface area contributed by atoms with Crippen molar-refractivity contribution < 1.29 is 27.5 Å². The van der Waals surface area contributed by atoms with E-state index in [4.69, 9.17) is 0 Å². The molecule has 0 spiro atoms. The van der Waals surface area contributed by atoms with Crippen LogP contribution in [0.3, 0.4) is 0 Å². The van der Waals surface area contributed by atoms with Crippen LogP contribution in [0.25, 0.3) is 0 Å². The van der Waals surface area contributed by atoms with Crippen molar-refractivity contribution >= 4 is 27.6 Å². The van der Waals surface area contributed by atoms with E-state index in [1.165, 1.54) is 32.4 Å². The van der Waals surface area contributed by atoms with Crippen LogP contribution >= 0.6 is 15.9 Å². The number of nitrogens with zero attached hydrogens (tertiary/aromatic N) is 1. The molecule has 0 saturated heterocycles. The molecule has 5 nitrogen and oxygen atoms in total. The molecule has 0 aromatic heterocycles. The summed E-state index contributed by atoms with van der Waals surface area (Å²) < 4.78 is 42.9. The van der Waals surface area contributed by atoms with E-state index in [0.717, 1.165) is 11.1 Å². The molecule has 112 valence electrons. The van der Waals surface area contributed by atoms with E-state index in [0.29, 0.717) is 0 Å². The first-order valence-electron chi connectivity index (χ1n) is 5.30. The Labute approximate surface area is 121 Å². The maximum absolute atomic E-state index is 13.0. The molecule has 0 heterocycles. The summed E-state index contributed by atoms with van der Waals surface area (Å²) in [6.07, 6.45) is -4.02. The Bertz CT molecular complexity index is 474. The second kappa shape index (κ2) is 6.80. The Morgan fingerprint density at radius 2 is 2.15 bits per heavy atom. The number of benzene rings is 1. The van der Waals surface area contributed by atoms with Crippen LogP contribution in [0.15, 0.2) is 24.3 Å². The van der Waals surface area contributed by atoms with Crippen molar-refractivity contribution in [3.05, 3.63) is 24.3 Å². The molecule has 0 saturated carbocycles. The van der Waals surface area contributed by atoms with Crippen molar-refractivity contribution in [2.24, 2.45) is 0 Å². The van der Waals surface area contributed by atoms with E-state index in [1.54, 1.807) is 0 Å². The summed E-state index contributed by atoms with van der Waals surface area (Å²) in [7, 11) is 2.65. The number of halogens is 4. The van der Waals surface area contributed by atoms with Crippen LogP contribution < -0.4 is 10.1 Å². The standard InChI is InChI=1S/C11H12BrF3N2O3/c1-17(19-2)10(18)16-7-4-3-5-8(6-7)20-11(14,15)9(12)13/h3-6,9H,1-2H3,(H,16,18). The monoisotopic (exact) mass is 356 g/mol. The van der Waals surface area contributed by atoms with Gasteiger partial charge in [-0.2, -0.15) is 8.78 Å². The smallest absolute Gasteiger partial charge is 0.430 e. The molecule has 1 aromatic rings. The molecule has 0 radical (unpaired) electrons. The molecule has 0 fully saturated rings. The van der Waals surface area contributed by atoms with Gasteiger partial charge in [0.05, 0.1) is 7.11 Å². The lowest BCUT2D eigenvalue weighted by Gasteiger charge is -2.19. The van der Waals surface area contributed by atoms with E-state index in [9.17, 15) is 18.0 Å². The average molecular weight is 357 g/mol. The SMILES string of the molecule is CON(C)C(=O)Nc1cccc(OC(F)(F)C(F)Br)c1. The summed E-state index contributed by atoms with van der Waals surface area (Å²) in [5.74, 6) is -0.296. The quantitative estimate of drug-likeness (QED) is 0.649. The minimum atomic E-state index is -4.02. The zero-order chi connectivity index (χ0) is 15.3. The highest BCUT2D eigenvalue weighted by Crippen LogP contribution is 2.30. The fourth-order valence-electron chi connectivity index (χ4n) is 1.12. The number of nitrogens with one attached hydrogen (secondary N) is 1. The van der Waals surface area contributed by atoms with Crippen LogP contribution in [0.5, 0.6) is 5.75 Å². The van der Waals surface area contributed by atoms with Crippen LogP contribution in [0.1, 0.15) is 0 Å². The Hall–Kier alpha value is -1.48. The molecular weight excluding hydrogens is 345 g/mol. The van der Waals surface area contributed by atoms with Gasteiger partial charge in [-0.05, 0) is 28.1 Å². The zero-order valence-corrected chi connectivity index (χ0v) is 12.2. The molecule has 0 aliphatic heterocycles. The number of alkyl halides is 4. The number of hydroxylamine groups is 2. The van der Waals surface area contributed by atoms with Gasteiger partial charge in [-0.15, -0.1) is 0 Å². The molecule has 0 aliphatic carbocycles. The number of carbonyl (C=O) groups is 1. The minimum Gasteiger partial charge on any atom is -0.430 e. The highest BCUT2D eigenvalue weighted by atomic mass is 79.9. The van der Waals surface area contributed by atoms with Gasteiger partial charge in [-0.3, -0.25) is 4.84 Å². The van der Waals surface area contributed by atoms with E-state index >= 15 is 0 Å². The summed E-state index contributed by atoms with van der Waals surface area (Å²) in [5.41, 5.74) is 0.192. The molecule has 0 bridgehead atoms. The zero-order valence-electron chi connectivity index (χ0n) is 10.6. The van der Waals surface area contributed by atoms with Crippen LogP contribution in [-0.4, -0.2) is 36.4 Å². The third-order valence-corrected chi connectivity index (χ3v) is 2.69. The second-order valence-corrected chi connectivity index (χ2v) is 4.41. The summed E-state index contributed by atoms with van der Waals surface area (Å²) in [6, 6.07) is 4.55. The van der Waals surface area contributed by atoms with Crippen molar-refractivity contribution in [2.45, 2.75) is 11.2 Å². The van der Waals surface area contributed by atoms with Crippen molar-refractivity contribution in [3.8, 4) is 5.75 Å². The number of carbonyl (C=O) groups excluding carboxylic acids is 1. The first-order chi connectivity index (χ1) is 9.26. The fourth-order valence-corrected chi connectivity index (χ4v) is 1.22. The van der Waals surface area contributed by atoms with Gasteiger partial charge in [0.1, 0.15) is 5.75 Å². The third-order valence-electron chi connectivity index (χ3n) is 2.15. The molecule has 20 heavy (non-hydrogen) atoms. The van der Waals surface area contributed by atoms with E-state index in [2.05, 4.69) is 30.8 Å². The normalized spacial score (nSPS) is 12.7. The van der Waals surface area contributed by atoms with Crippen LogP contribution in [0.2, 0.25) is 0 Å². The van der Waals surface area contributed by atoms with E-state index in [1.807, 2.05) is 0 Å². The van der Waals surface area contributed by atoms with Gasteiger partial charge in [0, 0.05) is 18.8 Å². The van der Waals surface area contributed by atoms with E-state index in [-0.39, 0.29) is 11.4 Å². The minimum absolute atomic E-state index is 0.192. The summed E-state index contributed by atoms with van der Waals surface area (Å²) in [4.78, 5) is 16.1. The lowest BCUT2D eigenvalue weighted by molar-refractivity contribution is -0.195. The van der Waals surface area contributed by atoms with Gasteiger partial charge < -0.3 is 10.1 Å². The molecule has 1 N–H and O–H groups in total. The largest absolute Gasteiger partial charge is 0.440 e. The van der Waals surface area contributed by atoms with Gasteiger partial charge in [-0.1, -0.05) is 6.07 Å². The predicted molar refractivity (Wildman–Crippen MR) is 69.6 cm³/mol. The second-order valence-electron chi connectivity index (χ2n) is 3.60. The third kappa shape index (κ3) is 4.57. The summed E-state index contributed by atoms with van der Waals surface area (Å²) in [6.45, 7) is 0. The highest BCUT2D eigenvalue weighted by molar-refractivity contribution is 9.09. The van der Waals surface area contributed by atoms with Crippen molar-refractivity contribution in [1.82, 2.24) is 5.06 Å². The topological polar surface area (TPSA) is 50.8 Å². The molecule has 9 heteroatoms. The van der Waals surface area contributed by atoms with Gasteiger partial charge in [0.15, 0.2) is 0 Å². The first kappa shape index (κ1) is 16.6. The molecule has 0 aliphatic rings.